The molecular formula is C18H27NO5. The van der Waals surface area contributed by atoms with Gasteiger partial charge in [0.1, 0.15) is 24.0 Å². The van der Waals surface area contributed by atoms with Crippen molar-refractivity contribution in [3.8, 4) is 5.75 Å². The van der Waals surface area contributed by atoms with Gasteiger partial charge in [0, 0.05) is 13.2 Å². The maximum Gasteiger partial charge on any atom is 0.323 e. The van der Waals surface area contributed by atoms with Gasteiger partial charge in [0.2, 0.25) is 0 Å². The van der Waals surface area contributed by atoms with Gasteiger partial charge in [0.15, 0.2) is 6.10 Å². The predicted octanol–water partition coefficient (Wildman–Crippen LogP) is 1.91. The van der Waals surface area contributed by atoms with Crippen LogP contribution in [0.5, 0.6) is 5.75 Å². The second kappa shape index (κ2) is 9.61. The number of cyclic esters (lactones) is 1. The molecule has 2 rings (SSSR count). The van der Waals surface area contributed by atoms with Gasteiger partial charge in [-0.25, -0.2) is 0 Å². The van der Waals surface area contributed by atoms with Crippen molar-refractivity contribution in [1.29, 1.82) is 0 Å². The minimum absolute atomic E-state index is 0.331. The lowest BCUT2D eigenvalue weighted by Gasteiger charge is -2.33. The van der Waals surface area contributed by atoms with Crippen molar-refractivity contribution in [3.05, 3.63) is 30.3 Å². The fourth-order valence-corrected chi connectivity index (χ4v) is 2.50. The molecule has 0 amide bonds. The number of hydrogen-bond donors (Lipinski definition) is 1. The molecule has 1 fully saturated rings. The molecule has 134 valence electrons. The van der Waals surface area contributed by atoms with Crippen LogP contribution in [0.4, 0.5) is 0 Å². The van der Waals surface area contributed by atoms with Gasteiger partial charge in [0.05, 0.1) is 6.61 Å². The first-order valence-electron chi connectivity index (χ1n) is 8.49. The second-order valence-corrected chi connectivity index (χ2v) is 5.92. The molecule has 1 aliphatic rings. The van der Waals surface area contributed by atoms with Gasteiger partial charge in [-0.1, -0.05) is 25.1 Å². The molecule has 0 unspecified atom stereocenters. The lowest BCUT2D eigenvalue weighted by atomic mass is 10.1. The van der Waals surface area contributed by atoms with Crippen LogP contribution in [0.3, 0.4) is 0 Å². The lowest BCUT2D eigenvalue weighted by Crippen LogP contribution is -2.49. The second-order valence-electron chi connectivity index (χ2n) is 5.92. The van der Waals surface area contributed by atoms with E-state index in [-0.39, 0.29) is 6.10 Å². The van der Waals surface area contributed by atoms with Crippen molar-refractivity contribution in [2.75, 3.05) is 19.8 Å². The van der Waals surface area contributed by atoms with E-state index in [1.807, 2.05) is 37.3 Å². The topological polar surface area (TPSA) is 80.0 Å². The summed E-state index contributed by atoms with van der Waals surface area (Å²) in [7, 11) is 0. The van der Waals surface area contributed by atoms with E-state index in [0.717, 1.165) is 6.42 Å². The Morgan fingerprint density at radius 2 is 2.04 bits per heavy atom. The van der Waals surface area contributed by atoms with Crippen LogP contribution in [-0.4, -0.2) is 50.1 Å². The zero-order valence-corrected chi connectivity index (χ0v) is 14.4. The number of esters is 1. The van der Waals surface area contributed by atoms with Crippen molar-refractivity contribution in [2.45, 2.75) is 51.0 Å². The summed E-state index contributed by atoms with van der Waals surface area (Å²) in [4.78, 5) is 12.1. The SMILES string of the molecule is CCCO[C@H]1COCC[C@H](N)C(=O)O[C@@H](C)[C@@H]1Oc1ccccc1. The Labute approximate surface area is 143 Å². The monoisotopic (exact) mass is 337 g/mol. The van der Waals surface area contributed by atoms with E-state index < -0.39 is 24.2 Å². The molecule has 0 spiro atoms. The number of benzene rings is 1. The first-order chi connectivity index (χ1) is 11.6. The fourth-order valence-electron chi connectivity index (χ4n) is 2.50. The van der Waals surface area contributed by atoms with Crippen LogP contribution in [0.25, 0.3) is 0 Å². The van der Waals surface area contributed by atoms with Crippen LogP contribution in [0.15, 0.2) is 30.3 Å². The number of ether oxygens (including phenoxy) is 4. The van der Waals surface area contributed by atoms with Gasteiger partial charge in [-0.15, -0.1) is 0 Å². The van der Waals surface area contributed by atoms with Gasteiger partial charge in [-0.05, 0) is 31.9 Å². The molecule has 6 nitrogen and oxygen atoms in total. The zero-order chi connectivity index (χ0) is 17.4. The smallest absolute Gasteiger partial charge is 0.323 e. The number of hydrogen-bond acceptors (Lipinski definition) is 6. The quantitative estimate of drug-likeness (QED) is 0.827. The van der Waals surface area contributed by atoms with Crippen LogP contribution in [0.2, 0.25) is 0 Å². The lowest BCUT2D eigenvalue weighted by molar-refractivity contribution is -0.166. The molecule has 1 heterocycles. The fraction of sp³-hybridized carbons (Fsp3) is 0.611. The molecule has 1 saturated heterocycles. The van der Waals surface area contributed by atoms with Crippen LogP contribution >= 0.6 is 0 Å². The highest BCUT2D eigenvalue weighted by molar-refractivity contribution is 5.75. The third-order valence-electron chi connectivity index (χ3n) is 3.84. The van der Waals surface area contributed by atoms with E-state index >= 15 is 0 Å². The largest absolute Gasteiger partial charge is 0.484 e. The molecule has 1 aromatic carbocycles. The molecule has 0 bridgehead atoms. The predicted molar refractivity (Wildman–Crippen MR) is 89.9 cm³/mol. The number of carbonyl (C=O) groups is 1. The van der Waals surface area contributed by atoms with Gasteiger partial charge >= 0.3 is 5.97 Å². The van der Waals surface area contributed by atoms with Crippen LogP contribution in [0.1, 0.15) is 26.7 Å². The molecule has 24 heavy (non-hydrogen) atoms. The standard InChI is InChI=1S/C18H27NO5/c1-3-10-22-16-12-21-11-9-15(19)18(20)23-13(2)17(16)24-14-7-5-4-6-8-14/h4-8,13,15-17H,3,9-12,19H2,1-2H3/t13-,15-,16-,17-/m0/s1. The van der Waals surface area contributed by atoms with Crippen molar-refractivity contribution < 1.29 is 23.7 Å². The molecule has 0 saturated carbocycles. The number of carbonyl (C=O) groups excluding carboxylic acids is 1. The highest BCUT2D eigenvalue weighted by atomic mass is 16.6. The van der Waals surface area contributed by atoms with Crippen LogP contribution in [-0.2, 0) is 19.0 Å². The third-order valence-corrected chi connectivity index (χ3v) is 3.84. The maximum absolute atomic E-state index is 12.1. The van der Waals surface area contributed by atoms with Crippen LogP contribution < -0.4 is 10.5 Å². The van der Waals surface area contributed by atoms with E-state index in [1.54, 1.807) is 6.92 Å². The molecular weight excluding hydrogens is 310 g/mol. The molecule has 0 aromatic heterocycles. The molecule has 6 heteroatoms. The van der Waals surface area contributed by atoms with E-state index in [1.165, 1.54) is 0 Å². The Hall–Kier alpha value is -1.63. The van der Waals surface area contributed by atoms with Gasteiger partial charge in [0.25, 0.3) is 0 Å². The van der Waals surface area contributed by atoms with Crippen molar-refractivity contribution >= 4 is 5.97 Å². The first kappa shape index (κ1) is 18.7. The average molecular weight is 337 g/mol. The molecule has 4 atom stereocenters. The first-order valence-corrected chi connectivity index (χ1v) is 8.49. The number of para-hydroxylation sites is 1. The summed E-state index contributed by atoms with van der Waals surface area (Å²) in [6.07, 6.45) is -0.00747. The minimum atomic E-state index is -0.682. The van der Waals surface area contributed by atoms with Crippen molar-refractivity contribution in [2.24, 2.45) is 5.73 Å². The van der Waals surface area contributed by atoms with E-state index in [9.17, 15) is 4.79 Å². The van der Waals surface area contributed by atoms with E-state index in [4.69, 9.17) is 24.7 Å². The summed E-state index contributed by atoms with van der Waals surface area (Å²) in [5, 5.41) is 0. The Morgan fingerprint density at radius 3 is 2.75 bits per heavy atom. The minimum Gasteiger partial charge on any atom is -0.484 e. The van der Waals surface area contributed by atoms with Gasteiger partial charge in [-0.3, -0.25) is 4.79 Å². The summed E-state index contributed by atoms with van der Waals surface area (Å²) in [5.41, 5.74) is 5.82. The summed E-state index contributed by atoms with van der Waals surface area (Å²) >= 11 is 0. The molecule has 1 aromatic rings. The normalized spacial score (nSPS) is 28.9. The summed E-state index contributed by atoms with van der Waals surface area (Å²) in [6.45, 7) is 5.17. The number of rotatable bonds is 5. The van der Waals surface area contributed by atoms with Gasteiger partial charge < -0.3 is 24.7 Å². The maximum atomic E-state index is 12.1. The summed E-state index contributed by atoms with van der Waals surface area (Å²) in [6, 6.07) is 8.73. The van der Waals surface area contributed by atoms with Gasteiger partial charge in [-0.2, -0.15) is 0 Å². The summed E-state index contributed by atoms with van der Waals surface area (Å²) in [5.74, 6) is 0.251. The van der Waals surface area contributed by atoms with Crippen molar-refractivity contribution in [1.82, 2.24) is 0 Å². The Kier molecular flexibility index (Phi) is 7.49. The molecule has 0 aliphatic carbocycles. The Morgan fingerprint density at radius 1 is 1.29 bits per heavy atom. The van der Waals surface area contributed by atoms with Crippen LogP contribution in [0, 0.1) is 0 Å². The Balaban J connectivity index is 2.18. The Bertz CT molecular complexity index is 495. The molecule has 2 N–H and O–H groups in total. The van der Waals surface area contributed by atoms with E-state index in [2.05, 4.69) is 0 Å². The summed E-state index contributed by atoms with van der Waals surface area (Å²) < 4.78 is 23.2. The molecule has 1 aliphatic heterocycles. The average Bonchev–Trinajstić information content (AvgIpc) is 2.59. The molecule has 0 radical (unpaired) electrons. The zero-order valence-electron chi connectivity index (χ0n) is 14.4. The highest BCUT2D eigenvalue weighted by Crippen LogP contribution is 2.20. The number of nitrogens with two attached hydrogens (primary N) is 1. The third kappa shape index (κ3) is 5.47. The van der Waals surface area contributed by atoms with Crippen molar-refractivity contribution in [3.63, 3.8) is 0 Å². The van der Waals surface area contributed by atoms with E-state index in [0.29, 0.717) is 32.0 Å². The highest BCUT2D eigenvalue weighted by Gasteiger charge is 2.34.